The number of amides is 1. The number of alkyl carbamates (subject to hydrolysis) is 1. The highest BCUT2D eigenvalue weighted by molar-refractivity contribution is 5.79. The van der Waals surface area contributed by atoms with Crippen molar-refractivity contribution in [2.45, 2.75) is 25.3 Å². The fourth-order valence-electron chi connectivity index (χ4n) is 3.96. The lowest BCUT2D eigenvalue weighted by Crippen LogP contribution is -2.41. The number of nitrogens with one attached hydrogen (secondary N) is 1. The fourth-order valence-corrected chi connectivity index (χ4v) is 3.96. The van der Waals surface area contributed by atoms with E-state index in [-0.39, 0.29) is 5.92 Å². The number of terminal acetylenes is 1. The lowest BCUT2D eigenvalue weighted by atomic mass is 9.93. The van der Waals surface area contributed by atoms with Gasteiger partial charge < -0.3 is 10.1 Å². The van der Waals surface area contributed by atoms with Crippen LogP contribution < -0.4 is 5.32 Å². The van der Waals surface area contributed by atoms with E-state index in [0.717, 1.165) is 11.1 Å². The molecule has 0 atom stereocenters. The highest BCUT2D eigenvalue weighted by atomic mass is 16.5. The molecule has 0 aliphatic heterocycles. The molecule has 3 heteroatoms. The SMILES string of the molecule is C#Cc1cccc(C(C)(C)NC(=O)OCC2c3ccccc3-c3ccccc32)c1. The van der Waals surface area contributed by atoms with Crippen LogP contribution in [0.15, 0.2) is 72.8 Å². The zero-order valence-electron chi connectivity index (χ0n) is 16.6. The van der Waals surface area contributed by atoms with Crippen molar-refractivity contribution in [1.82, 2.24) is 5.32 Å². The molecule has 1 amide bonds. The summed E-state index contributed by atoms with van der Waals surface area (Å²) < 4.78 is 5.66. The van der Waals surface area contributed by atoms with E-state index in [1.807, 2.05) is 62.4 Å². The van der Waals surface area contributed by atoms with Gasteiger partial charge in [-0.1, -0.05) is 66.6 Å². The number of rotatable bonds is 4. The Morgan fingerprint density at radius 1 is 1.00 bits per heavy atom. The molecule has 1 aliphatic rings. The van der Waals surface area contributed by atoms with Crippen LogP contribution in [-0.2, 0) is 10.3 Å². The number of benzene rings is 3. The molecule has 0 unspecified atom stereocenters. The van der Waals surface area contributed by atoms with Gasteiger partial charge in [-0.3, -0.25) is 0 Å². The number of hydrogen-bond acceptors (Lipinski definition) is 2. The van der Waals surface area contributed by atoms with Crippen LogP contribution in [0, 0.1) is 12.3 Å². The van der Waals surface area contributed by atoms with Gasteiger partial charge in [0, 0.05) is 11.5 Å². The molecule has 1 aliphatic carbocycles. The first kappa shape index (κ1) is 18.8. The standard InChI is InChI=1S/C26H23NO2/c1-4-18-10-9-11-19(16-18)26(2,3)27-25(28)29-17-24-22-14-7-5-12-20(22)21-13-6-8-15-23(21)24/h1,5-16,24H,17H2,2-3H3,(H,27,28). The number of ether oxygens (including phenoxy) is 1. The maximum Gasteiger partial charge on any atom is 0.407 e. The molecule has 144 valence electrons. The van der Waals surface area contributed by atoms with E-state index >= 15 is 0 Å². The van der Waals surface area contributed by atoms with Crippen LogP contribution in [0.1, 0.15) is 42.0 Å². The van der Waals surface area contributed by atoms with Crippen LogP contribution in [0.4, 0.5) is 4.79 Å². The lowest BCUT2D eigenvalue weighted by Gasteiger charge is -2.27. The monoisotopic (exact) mass is 381 g/mol. The maximum absolute atomic E-state index is 12.6. The number of carbonyl (C=O) groups is 1. The van der Waals surface area contributed by atoms with E-state index in [0.29, 0.717) is 6.61 Å². The minimum atomic E-state index is -0.602. The molecule has 0 saturated heterocycles. The molecule has 3 nitrogen and oxygen atoms in total. The Kier molecular flexibility index (Phi) is 4.86. The molecule has 1 N–H and O–H groups in total. The van der Waals surface area contributed by atoms with Gasteiger partial charge in [0.05, 0.1) is 5.54 Å². The number of carbonyl (C=O) groups excluding carboxylic acids is 1. The van der Waals surface area contributed by atoms with Crippen molar-refractivity contribution >= 4 is 6.09 Å². The first-order valence-corrected chi connectivity index (χ1v) is 9.70. The predicted octanol–water partition coefficient (Wildman–Crippen LogP) is 5.44. The van der Waals surface area contributed by atoms with Gasteiger partial charge in [-0.2, -0.15) is 0 Å². The highest BCUT2D eigenvalue weighted by Crippen LogP contribution is 2.44. The zero-order chi connectivity index (χ0) is 20.4. The Bertz CT molecular complexity index is 1060. The van der Waals surface area contributed by atoms with Gasteiger partial charge in [0.1, 0.15) is 6.61 Å². The third kappa shape index (κ3) is 3.62. The van der Waals surface area contributed by atoms with Crippen LogP contribution in [0.25, 0.3) is 11.1 Å². The predicted molar refractivity (Wildman–Crippen MR) is 116 cm³/mol. The quantitative estimate of drug-likeness (QED) is 0.611. The smallest absolute Gasteiger partial charge is 0.407 e. The molecular formula is C26H23NO2. The van der Waals surface area contributed by atoms with E-state index in [9.17, 15) is 4.79 Å². The van der Waals surface area contributed by atoms with Crippen LogP contribution >= 0.6 is 0 Å². The second-order valence-electron chi connectivity index (χ2n) is 7.80. The molecule has 3 aromatic rings. The summed E-state index contributed by atoms with van der Waals surface area (Å²) >= 11 is 0. The molecule has 0 aromatic heterocycles. The largest absolute Gasteiger partial charge is 0.449 e. The summed E-state index contributed by atoms with van der Waals surface area (Å²) in [6.45, 7) is 4.16. The summed E-state index contributed by atoms with van der Waals surface area (Å²) in [6.07, 6.45) is 5.06. The van der Waals surface area contributed by atoms with Crippen molar-refractivity contribution in [3.63, 3.8) is 0 Å². The topological polar surface area (TPSA) is 38.3 Å². The second-order valence-corrected chi connectivity index (χ2v) is 7.80. The van der Waals surface area contributed by atoms with Gasteiger partial charge in [0.15, 0.2) is 0 Å². The summed E-state index contributed by atoms with van der Waals surface area (Å²) in [5, 5.41) is 2.97. The number of hydrogen-bond donors (Lipinski definition) is 1. The van der Waals surface area contributed by atoms with Crippen molar-refractivity contribution in [2.75, 3.05) is 6.61 Å². The minimum Gasteiger partial charge on any atom is -0.449 e. The van der Waals surface area contributed by atoms with Crippen LogP contribution in [0.5, 0.6) is 0 Å². The Balaban J connectivity index is 1.48. The van der Waals surface area contributed by atoms with Crippen molar-refractivity contribution in [2.24, 2.45) is 0 Å². The van der Waals surface area contributed by atoms with Crippen molar-refractivity contribution in [1.29, 1.82) is 0 Å². The Morgan fingerprint density at radius 3 is 2.24 bits per heavy atom. The molecule has 0 spiro atoms. The van der Waals surface area contributed by atoms with Crippen LogP contribution in [0.3, 0.4) is 0 Å². The average molecular weight is 381 g/mol. The van der Waals surface area contributed by atoms with E-state index in [1.54, 1.807) is 0 Å². The summed E-state index contributed by atoms with van der Waals surface area (Å²) in [5.41, 5.74) is 5.93. The molecule has 0 saturated carbocycles. The average Bonchev–Trinajstić information content (AvgIpc) is 3.06. The lowest BCUT2D eigenvalue weighted by molar-refractivity contribution is 0.133. The van der Waals surface area contributed by atoms with Gasteiger partial charge in [-0.25, -0.2) is 4.79 Å². The highest BCUT2D eigenvalue weighted by Gasteiger charge is 2.30. The normalized spacial score (nSPS) is 12.6. The van der Waals surface area contributed by atoms with Gasteiger partial charge >= 0.3 is 6.09 Å². The first-order valence-electron chi connectivity index (χ1n) is 9.70. The molecule has 0 bridgehead atoms. The van der Waals surface area contributed by atoms with E-state index < -0.39 is 11.6 Å². The first-order chi connectivity index (χ1) is 14.0. The second kappa shape index (κ2) is 7.48. The molecule has 3 aromatic carbocycles. The summed E-state index contributed by atoms with van der Waals surface area (Å²) in [4.78, 5) is 12.6. The maximum atomic E-state index is 12.6. The Hall–Kier alpha value is -3.51. The van der Waals surface area contributed by atoms with E-state index in [2.05, 4.69) is 35.5 Å². The molecule has 0 heterocycles. The molecule has 29 heavy (non-hydrogen) atoms. The molecule has 0 radical (unpaired) electrons. The minimum absolute atomic E-state index is 0.0426. The van der Waals surface area contributed by atoms with Crippen molar-refractivity contribution in [3.8, 4) is 23.5 Å². The Morgan fingerprint density at radius 2 is 1.62 bits per heavy atom. The summed E-state index contributed by atoms with van der Waals surface area (Å²) in [7, 11) is 0. The molecule has 0 fully saturated rings. The van der Waals surface area contributed by atoms with Crippen LogP contribution in [0.2, 0.25) is 0 Å². The summed E-state index contributed by atoms with van der Waals surface area (Å²) in [5.74, 6) is 2.67. The van der Waals surface area contributed by atoms with Gasteiger partial charge in [0.25, 0.3) is 0 Å². The van der Waals surface area contributed by atoms with Gasteiger partial charge in [-0.15, -0.1) is 6.42 Å². The zero-order valence-corrected chi connectivity index (χ0v) is 16.6. The van der Waals surface area contributed by atoms with E-state index in [4.69, 9.17) is 11.2 Å². The molecular weight excluding hydrogens is 358 g/mol. The van der Waals surface area contributed by atoms with Gasteiger partial charge in [0.2, 0.25) is 0 Å². The van der Waals surface area contributed by atoms with Crippen molar-refractivity contribution in [3.05, 3.63) is 95.1 Å². The third-order valence-electron chi connectivity index (χ3n) is 5.51. The number of fused-ring (bicyclic) bond motifs is 3. The van der Waals surface area contributed by atoms with Crippen molar-refractivity contribution < 1.29 is 9.53 Å². The van der Waals surface area contributed by atoms with Crippen LogP contribution in [-0.4, -0.2) is 12.7 Å². The Labute approximate surface area is 171 Å². The fraction of sp³-hybridized carbons (Fsp3) is 0.192. The van der Waals surface area contributed by atoms with Gasteiger partial charge in [-0.05, 0) is 53.8 Å². The summed E-state index contributed by atoms with van der Waals surface area (Å²) in [6, 6.07) is 24.2. The van der Waals surface area contributed by atoms with E-state index in [1.165, 1.54) is 22.3 Å². The third-order valence-corrected chi connectivity index (χ3v) is 5.51. The molecule has 4 rings (SSSR count).